The van der Waals surface area contributed by atoms with Crippen molar-refractivity contribution in [1.82, 2.24) is 0 Å². The molecule has 0 aliphatic heterocycles. The van der Waals surface area contributed by atoms with Crippen molar-refractivity contribution in [3.05, 3.63) is 80.7 Å². The van der Waals surface area contributed by atoms with E-state index in [0.717, 1.165) is 24.6 Å². The molecule has 6 heteroatoms. The van der Waals surface area contributed by atoms with Crippen LogP contribution in [-0.4, -0.2) is 13.1 Å². The first-order valence-electron chi connectivity index (χ1n) is 9.59. The summed E-state index contributed by atoms with van der Waals surface area (Å²) in [5.74, 6) is -0.0784. The maximum Gasteiger partial charge on any atom is 0.349 e. The van der Waals surface area contributed by atoms with Crippen molar-refractivity contribution in [2.75, 3.05) is 7.11 Å². The smallest absolute Gasteiger partial charge is 0.349 e. The minimum absolute atomic E-state index is 0.124. The molecule has 1 aliphatic rings. The number of aryl methyl sites for hydroxylation is 2. The number of rotatable bonds is 5. The highest BCUT2D eigenvalue weighted by molar-refractivity contribution is 5.98. The minimum atomic E-state index is -0.754. The number of esters is 1. The Kier molecular flexibility index (Phi) is 5.36. The molecule has 1 aromatic heterocycles. The van der Waals surface area contributed by atoms with E-state index >= 15 is 0 Å². The molecule has 0 bridgehead atoms. The topological polar surface area (TPSA) is 89.5 Å². The maximum atomic E-state index is 12.4. The van der Waals surface area contributed by atoms with Crippen LogP contribution >= 0.6 is 0 Å². The van der Waals surface area contributed by atoms with E-state index in [4.69, 9.17) is 13.9 Å². The number of carbonyl (C=O) groups excluding carboxylic acids is 1. The summed E-state index contributed by atoms with van der Waals surface area (Å²) in [6.07, 6.45) is 4.47. The van der Waals surface area contributed by atoms with Gasteiger partial charge in [0.15, 0.2) is 0 Å². The first-order valence-corrected chi connectivity index (χ1v) is 9.59. The van der Waals surface area contributed by atoms with Crippen LogP contribution in [0.5, 0.6) is 5.75 Å². The first kappa shape index (κ1) is 19.5. The van der Waals surface area contributed by atoms with Crippen LogP contribution in [-0.2, 0) is 29.0 Å². The molecule has 2 aromatic carbocycles. The number of hydrogen-bond donors (Lipinski definition) is 0. The Balaban J connectivity index is 1.56. The van der Waals surface area contributed by atoms with Gasteiger partial charge in [0.25, 0.3) is 0 Å². The number of methoxy groups -OCH3 is 1. The number of carbonyl (C=O) groups is 1. The molecule has 0 amide bonds. The molecule has 4 rings (SSSR count). The summed E-state index contributed by atoms with van der Waals surface area (Å²) >= 11 is 0. The standard InChI is InChI=1S/C24H19NO5/c1-28-20-7-5-15(6-8-20)9-18(13-25)24(27)29-14-19-12-23(26)30-22-11-17-4-2-3-16(17)10-21(19)22/h5-12H,2-4,14H2,1H3/b18-9+. The van der Waals surface area contributed by atoms with Gasteiger partial charge in [0.1, 0.15) is 29.6 Å². The van der Waals surface area contributed by atoms with Gasteiger partial charge in [-0.2, -0.15) is 5.26 Å². The fourth-order valence-electron chi connectivity index (χ4n) is 3.64. The number of nitrogens with zero attached hydrogens (tertiary/aromatic N) is 1. The molecule has 3 aromatic rings. The molecule has 1 aliphatic carbocycles. The van der Waals surface area contributed by atoms with Gasteiger partial charge < -0.3 is 13.9 Å². The Morgan fingerprint density at radius 2 is 1.90 bits per heavy atom. The van der Waals surface area contributed by atoms with E-state index in [0.29, 0.717) is 22.5 Å². The van der Waals surface area contributed by atoms with Crippen LogP contribution < -0.4 is 10.4 Å². The Hall–Kier alpha value is -3.85. The van der Waals surface area contributed by atoms with Crippen LogP contribution in [0.25, 0.3) is 17.0 Å². The number of hydrogen-bond acceptors (Lipinski definition) is 6. The molecule has 0 spiro atoms. The summed E-state index contributed by atoms with van der Waals surface area (Å²) in [5, 5.41) is 10.1. The van der Waals surface area contributed by atoms with Gasteiger partial charge in [0.05, 0.1) is 7.11 Å². The van der Waals surface area contributed by atoms with E-state index in [2.05, 4.69) is 0 Å². The molecule has 6 nitrogen and oxygen atoms in total. The van der Waals surface area contributed by atoms with Crippen molar-refractivity contribution >= 4 is 23.0 Å². The highest BCUT2D eigenvalue weighted by Crippen LogP contribution is 2.29. The van der Waals surface area contributed by atoms with E-state index in [-0.39, 0.29) is 12.2 Å². The van der Waals surface area contributed by atoms with Crippen LogP contribution in [0.15, 0.2) is 57.2 Å². The molecule has 1 heterocycles. The molecule has 0 atom stereocenters. The number of benzene rings is 2. The van der Waals surface area contributed by atoms with E-state index in [1.165, 1.54) is 23.3 Å². The summed E-state index contributed by atoms with van der Waals surface area (Å²) < 4.78 is 15.8. The highest BCUT2D eigenvalue weighted by atomic mass is 16.5. The lowest BCUT2D eigenvalue weighted by atomic mass is 10.0. The fourth-order valence-corrected chi connectivity index (χ4v) is 3.64. The zero-order chi connectivity index (χ0) is 21.1. The van der Waals surface area contributed by atoms with Gasteiger partial charge in [-0.05, 0) is 66.3 Å². The Morgan fingerprint density at radius 3 is 2.60 bits per heavy atom. The van der Waals surface area contributed by atoms with Gasteiger partial charge in [-0.1, -0.05) is 12.1 Å². The molecule has 0 saturated carbocycles. The Labute approximate surface area is 173 Å². The Bertz CT molecular complexity index is 1250. The van der Waals surface area contributed by atoms with Crippen molar-refractivity contribution in [2.24, 2.45) is 0 Å². The van der Waals surface area contributed by atoms with Crippen LogP contribution in [0.1, 0.15) is 28.7 Å². The molecule has 0 radical (unpaired) electrons. The van der Waals surface area contributed by atoms with Crippen molar-refractivity contribution < 1.29 is 18.7 Å². The van der Waals surface area contributed by atoms with Crippen LogP contribution in [0.2, 0.25) is 0 Å². The van der Waals surface area contributed by atoms with E-state index in [1.807, 2.05) is 18.2 Å². The molecular formula is C24H19NO5. The second-order valence-electron chi connectivity index (χ2n) is 7.08. The molecular weight excluding hydrogens is 382 g/mol. The zero-order valence-corrected chi connectivity index (χ0v) is 16.4. The molecule has 30 heavy (non-hydrogen) atoms. The van der Waals surface area contributed by atoms with Gasteiger partial charge in [0, 0.05) is 17.0 Å². The van der Waals surface area contributed by atoms with Gasteiger partial charge in [-0.15, -0.1) is 0 Å². The van der Waals surface area contributed by atoms with Crippen LogP contribution in [0.4, 0.5) is 0 Å². The predicted octanol–water partition coefficient (Wildman–Crippen LogP) is 3.94. The Morgan fingerprint density at radius 1 is 1.17 bits per heavy atom. The summed E-state index contributed by atoms with van der Waals surface area (Å²) in [7, 11) is 1.56. The van der Waals surface area contributed by atoms with E-state index < -0.39 is 11.6 Å². The number of ether oxygens (including phenoxy) is 2. The summed E-state index contributed by atoms with van der Waals surface area (Å²) in [5.41, 5.74) is 3.50. The SMILES string of the molecule is COc1ccc(/C=C(\C#N)C(=O)OCc2cc(=O)oc3cc4c(cc23)CCC4)cc1. The fraction of sp³-hybridized carbons (Fsp3) is 0.208. The van der Waals surface area contributed by atoms with Crippen molar-refractivity contribution in [1.29, 1.82) is 5.26 Å². The zero-order valence-electron chi connectivity index (χ0n) is 16.4. The van der Waals surface area contributed by atoms with Gasteiger partial charge in [-0.25, -0.2) is 9.59 Å². The lowest BCUT2D eigenvalue weighted by Crippen LogP contribution is -2.09. The minimum Gasteiger partial charge on any atom is -0.497 e. The van der Waals surface area contributed by atoms with Gasteiger partial charge in [0.2, 0.25) is 0 Å². The molecule has 0 unspecified atom stereocenters. The highest BCUT2D eigenvalue weighted by Gasteiger charge is 2.17. The summed E-state index contributed by atoms with van der Waals surface area (Å²) in [6, 6.07) is 14.0. The van der Waals surface area contributed by atoms with Gasteiger partial charge in [-0.3, -0.25) is 0 Å². The van der Waals surface area contributed by atoms with Crippen molar-refractivity contribution in [3.8, 4) is 11.8 Å². The van der Waals surface area contributed by atoms with Crippen molar-refractivity contribution in [2.45, 2.75) is 25.9 Å². The molecule has 0 saturated heterocycles. The normalized spacial score (nSPS) is 13.0. The monoisotopic (exact) mass is 401 g/mol. The number of fused-ring (bicyclic) bond motifs is 2. The maximum absolute atomic E-state index is 12.4. The first-order chi connectivity index (χ1) is 14.6. The molecule has 0 fully saturated rings. The third-order valence-electron chi connectivity index (χ3n) is 5.17. The van der Waals surface area contributed by atoms with Crippen LogP contribution in [0, 0.1) is 11.3 Å². The third-order valence-corrected chi connectivity index (χ3v) is 5.17. The van der Waals surface area contributed by atoms with Crippen molar-refractivity contribution in [3.63, 3.8) is 0 Å². The summed E-state index contributed by atoms with van der Waals surface area (Å²) in [4.78, 5) is 24.4. The van der Waals surface area contributed by atoms with E-state index in [9.17, 15) is 14.9 Å². The largest absolute Gasteiger partial charge is 0.497 e. The average Bonchev–Trinajstić information content (AvgIpc) is 3.21. The predicted molar refractivity (Wildman–Crippen MR) is 111 cm³/mol. The van der Waals surface area contributed by atoms with Gasteiger partial charge >= 0.3 is 11.6 Å². The molecule has 0 N–H and O–H groups in total. The third kappa shape index (κ3) is 3.96. The van der Waals surface area contributed by atoms with Crippen LogP contribution in [0.3, 0.4) is 0 Å². The summed E-state index contributed by atoms with van der Waals surface area (Å²) in [6.45, 7) is -0.124. The number of nitriles is 1. The quantitative estimate of drug-likeness (QED) is 0.278. The lowest BCUT2D eigenvalue weighted by molar-refractivity contribution is -0.139. The lowest BCUT2D eigenvalue weighted by Gasteiger charge is -2.09. The average molecular weight is 401 g/mol. The van der Waals surface area contributed by atoms with E-state index in [1.54, 1.807) is 31.4 Å². The second kappa shape index (κ2) is 8.26. The second-order valence-corrected chi connectivity index (χ2v) is 7.08. The molecule has 150 valence electrons.